The van der Waals surface area contributed by atoms with Crippen LogP contribution in [0.1, 0.15) is 25.8 Å². The van der Waals surface area contributed by atoms with E-state index in [-0.39, 0.29) is 11.5 Å². The van der Waals surface area contributed by atoms with Gasteiger partial charge < -0.3 is 10.4 Å². The molecule has 17 heavy (non-hydrogen) atoms. The Bertz CT molecular complexity index is 420. The highest BCUT2D eigenvalue weighted by atomic mass is 35.5. The maximum absolute atomic E-state index is 9.65. The number of nitrogens with one attached hydrogen (secondary N) is 1. The zero-order valence-corrected chi connectivity index (χ0v) is 11.5. The summed E-state index contributed by atoms with van der Waals surface area (Å²) in [7, 11) is 0. The van der Waals surface area contributed by atoms with Crippen LogP contribution in [0.3, 0.4) is 0 Å². The SMILES string of the molecule is CC1(C)C(O)CC1NCc1cc(Cl)ccc1Cl. The van der Waals surface area contributed by atoms with Gasteiger partial charge in [-0.3, -0.25) is 0 Å². The van der Waals surface area contributed by atoms with Crippen LogP contribution < -0.4 is 5.32 Å². The van der Waals surface area contributed by atoms with Crippen LogP contribution in [0, 0.1) is 5.41 Å². The summed E-state index contributed by atoms with van der Waals surface area (Å²) in [6, 6.07) is 5.79. The predicted molar refractivity (Wildman–Crippen MR) is 71.5 cm³/mol. The van der Waals surface area contributed by atoms with E-state index in [1.165, 1.54) is 0 Å². The van der Waals surface area contributed by atoms with Gasteiger partial charge in [0.1, 0.15) is 0 Å². The fourth-order valence-electron chi connectivity index (χ4n) is 2.16. The molecule has 1 saturated carbocycles. The Labute approximate surface area is 112 Å². The monoisotopic (exact) mass is 273 g/mol. The normalized spacial score (nSPS) is 26.6. The number of aliphatic hydroxyl groups is 1. The van der Waals surface area contributed by atoms with Crippen LogP contribution in [-0.4, -0.2) is 17.3 Å². The first-order chi connectivity index (χ1) is 7.91. The summed E-state index contributed by atoms with van der Waals surface area (Å²) in [4.78, 5) is 0. The standard InChI is InChI=1S/C13H17Cl2NO/c1-13(2)11(6-12(13)17)16-7-8-5-9(14)3-4-10(8)15/h3-5,11-12,16-17H,6-7H2,1-2H3. The molecule has 0 heterocycles. The third-order valence-electron chi connectivity index (χ3n) is 3.76. The molecule has 1 aliphatic carbocycles. The summed E-state index contributed by atoms with van der Waals surface area (Å²) >= 11 is 12.0. The molecular weight excluding hydrogens is 257 g/mol. The topological polar surface area (TPSA) is 32.3 Å². The van der Waals surface area contributed by atoms with Gasteiger partial charge in [0.05, 0.1) is 6.10 Å². The van der Waals surface area contributed by atoms with Crippen LogP contribution in [0.2, 0.25) is 10.0 Å². The average Bonchev–Trinajstić information content (AvgIpc) is 2.28. The number of aliphatic hydroxyl groups excluding tert-OH is 1. The van der Waals surface area contributed by atoms with E-state index in [9.17, 15) is 5.11 Å². The molecule has 0 aliphatic heterocycles. The van der Waals surface area contributed by atoms with Crippen molar-refractivity contribution in [1.82, 2.24) is 5.32 Å². The third-order valence-corrected chi connectivity index (χ3v) is 4.37. The summed E-state index contributed by atoms with van der Waals surface area (Å²) in [5.41, 5.74) is 0.932. The number of rotatable bonds is 3. The highest BCUT2D eigenvalue weighted by molar-refractivity contribution is 6.33. The van der Waals surface area contributed by atoms with E-state index in [2.05, 4.69) is 19.2 Å². The number of halogens is 2. The van der Waals surface area contributed by atoms with Gasteiger partial charge in [0, 0.05) is 28.0 Å². The molecule has 2 nitrogen and oxygen atoms in total. The van der Waals surface area contributed by atoms with Crippen molar-refractivity contribution in [3.63, 3.8) is 0 Å². The molecule has 0 spiro atoms. The summed E-state index contributed by atoms with van der Waals surface area (Å²) < 4.78 is 0. The molecule has 2 unspecified atom stereocenters. The molecule has 1 fully saturated rings. The zero-order valence-electron chi connectivity index (χ0n) is 10.0. The van der Waals surface area contributed by atoms with Gasteiger partial charge in [-0.1, -0.05) is 37.0 Å². The molecule has 2 N–H and O–H groups in total. The molecule has 0 saturated heterocycles. The second-order valence-corrected chi connectivity index (χ2v) is 6.09. The second kappa shape index (κ2) is 4.77. The molecular formula is C13H17Cl2NO. The zero-order chi connectivity index (χ0) is 12.6. The van der Waals surface area contributed by atoms with Gasteiger partial charge in [-0.05, 0) is 30.2 Å². The van der Waals surface area contributed by atoms with Crippen LogP contribution in [0.15, 0.2) is 18.2 Å². The van der Waals surface area contributed by atoms with Crippen molar-refractivity contribution in [2.24, 2.45) is 5.41 Å². The van der Waals surface area contributed by atoms with Crippen LogP contribution >= 0.6 is 23.2 Å². The van der Waals surface area contributed by atoms with Crippen LogP contribution in [0.25, 0.3) is 0 Å². The Morgan fingerprint density at radius 2 is 2.12 bits per heavy atom. The Hall–Kier alpha value is -0.280. The van der Waals surface area contributed by atoms with Gasteiger partial charge in [-0.15, -0.1) is 0 Å². The molecule has 4 heteroatoms. The summed E-state index contributed by atoms with van der Waals surface area (Å²) in [6.45, 7) is 4.82. The second-order valence-electron chi connectivity index (χ2n) is 5.24. The van der Waals surface area contributed by atoms with E-state index < -0.39 is 0 Å². The fraction of sp³-hybridized carbons (Fsp3) is 0.538. The maximum atomic E-state index is 9.65. The molecule has 1 aromatic rings. The van der Waals surface area contributed by atoms with Crippen molar-refractivity contribution in [3.8, 4) is 0 Å². The number of hydrogen-bond acceptors (Lipinski definition) is 2. The molecule has 0 radical (unpaired) electrons. The van der Waals surface area contributed by atoms with Crippen LogP contribution in [0.5, 0.6) is 0 Å². The van der Waals surface area contributed by atoms with Crippen molar-refractivity contribution in [3.05, 3.63) is 33.8 Å². The smallest absolute Gasteiger partial charge is 0.0621 e. The Kier molecular flexibility index (Phi) is 3.69. The maximum Gasteiger partial charge on any atom is 0.0621 e. The summed E-state index contributed by atoms with van der Waals surface area (Å²) in [5, 5.41) is 14.5. The fourth-order valence-corrected chi connectivity index (χ4v) is 2.54. The van der Waals surface area contributed by atoms with Crippen molar-refractivity contribution >= 4 is 23.2 Å². The van der Waals surface area contributed by atoms with Crippen molar-refractivity contribution < 1.29 is 5.11 Å². The van der Waals surface area contributed by atoms with Gasteiger partial charge in [0.15, 0.2) is 0 Å². The van der Waals surface area contributed by atoms with E-state index in [0.29, 0.717) is 17.6 Å². The molecule has 2 atom stereocenters. The number of benzene rings is 1. The molecule has 0 bridgehead atoms. The minimum absolute atomic E-state index is 0.0644. The quantitative estimate of drug-likeness (QED) is 0.886. The van der Waals surface area contributed by atoms with Gasteiger partial charge in [0.25, 0.3) is 0 Å². The molecule has 94 valence electrons. The van der Waals surface area contributed by atoms with Gasteiger partial charge in [-0.25, -0.2) is 0 Å². The lowest BCUT2D eigenvalue weighted by atomic mass is 9.64. The first-order valence-corrected chi connectivity index (χ1v) is 6.52. The molecule has 2 rings (SSSR count). The van der Waals surface area contributed by atoms with E-state index in [0.717, 1.165) is 17.0 Å². The van der Waals surface area contributed by atoms with Gasteiger partial charge in [-0.2, -0.15) is 0 Å². The van der Waals surface area contributed by atoms with Crippen LogP contribution in [0.4, 0.5) is 0 Å². The molecule has 0 aromatic heterocycles. The van der Waals surface area contributed by atoms with Crippen LogP contribution in [-0.2, 0) is 6.54 Å². The van der Waals surface area contributed by atoms with Crippen molar-refractivity contribution in [2.45, 2.75) is 39.0 Å². The van der Waals surface area contributed by atoms with Gasteiger partial charge in [0.2, 0.25) is 0 Å². The van der Waals surface area contributed by atoms with E-state index in [1.807, 2.05) is 12.1 Å². The van der Waals surface area contributed by atoms with Crippen molar-refractivity contribution in [2.75, 3.05) is 0 Å². The summed E-state index contributed by atoms with van der Waals surface area (Å²) in [5.74, 6) is 0. The first-order valence-electron chi connectivity index (χ1n) is 5.76. The van der Waals surface area contributed by atoms with E-state index in [1.54, 1.807) is 6.07 Å². The number of hydrogen-bond donors (Lipinski definition) is 2. The lowest BCUT2D eigenvalue weighted by Crippen LogP contribution is -2.59. The highest BCUT2D eigenvalue weighted by Crippen LogP contribution is 2.40. The van der Waals surface area contributed by atoms with E-state index >= 15 is 0 Å². The summed E-state index contributed by atoms with van der Waals surface area (Å²) in [6.07, 6.45) is 0.584. The average molecular weight is 274 g/mol. The third kappa shape index (κ3) is 2.60. The largest absolute Gasteiger partial charge is 0.392 e. The first kappa shape index (κ1) is 13.2. The lowest BCUT2D eigenvalue weighted by molar-refractivity contribution is -0.0729. The van der Waals surface area contributed by atoms with Gasteiger partial charge >= 0.3 is 0 Å². The predicted octanol–water partition coefficient (Wildman–Crippen LogP) is 3.24. The molecule has 1 aromatic carbocycles. The highest BCUT2D eigenvalue weighted by Gasteiger charge is 2.46. The molecule has 1 aliphatic rings. The Morgan fingerprint density at radius 3 is 2.71 bits per heavy atom. The lowest BCUT2D eigenvalue weighted by Gasteiger charge is -2.49. The molecule has 0 amide bonds. The Balaban J connectivity index is 1.97. The Morgan fingerprint density at radius 1 is 1.41 bits per heavy atom. The minimum Gasteiger partial charge on any atom is -0.392 e. The minimum atomic E-state index is -0.213. The van der Waals surface area contributed by atoms with E-state index in [4.69, 9.17) is 23.2 Å². The van der Waals surface area contributed by atoms with Crippen molar-refractivity contribution in [1.29, 1.82) is 0 Å².